The average Bonchev–Trinajstić information content (AvgIpc) is 2.56. The summed E-state index contributed by atoms with van der Waals surface area (Å²) in [5, 5.41) is 2.90. The molecule has 1 N–H and O–H groups in total. The maximum Gasteiger partial charge on any atom is 0.246 e. The Morgan fingerprint density at radius 3 is 2.71 bits per heavy atom. The smallest absolute Gasteiger partial charge is 0.246 e. The fourth-order valence-electron chi connectivity index (χ4n) is 1.85. The number of amides is 1. The molecule has 0 aliphatic carbocycles. The maximum atomic E-state index is 11.2. The summed E-state index contributed by atoms with van der Waals surface area (Å²) in [6.45, 7) is 5.49. The van der Waals surface area contributed by atoms with Gasteiger partial charge in [0, 0.05) is 19.7 Å². The summed E-state index contributed by atoms with van der Waals surface area (Å²) in [5.41, 5.74) is 0. The van der Waals surface area contributed by atoms with Gasteiger partial charge in [-0.3, -0.25) is 4.79 Å². The van der Waals surface area contributed by atoms with Crippen molar-refractivity contribution in [1.82, 2.24) is 10.2 Å². The standard InChI is InChI=1S/C10H20N2O2/c1-9(11-10(13)8-14-2)7-12-5-3-4-6-12/h9H,3-8H2,1-2H3,(H,11,13). The molecule has 14 heavy (non-hydrogen) atoms. The molecule has 1 atom stereocenters. The fourth-order valence-corrected chi connectivity index (χ4v) is 1.85. The molecular weight excluding hydrogens is 180 g/mol. The highest BCUT2D eigenvalue weighted by Crippen LogP contribution is 2.07. The zero-order valence-electron chi connectivity index (χ0n) is 9.08. The number of hydrogen-bond donors (Lipinski definition) is 1. The molecule has 1 heterocycles. The van der Waals surface area contributed by atoms with E-state index in [0.717, 1.165) is 6.54 Å². The van der Waals surface area contributed by atoms with Crippen LogP contribution in [0.15, 0.2) is 0 Å². The zero-order chi connectivity index (χ0) is 10.4. The third kappa shape index (κ3) is 4.07. The van der Waals surface area contributed by atoms with Crippen molar-refractivity contribution in [2.75, 3.05) is 33.4 Å². The Balaban J connectivity index is 2.14. The van der Waals surface area contributed by atoms with Gasteiger partial charge in [0.1, 0.15) is 6.61 Å². The van der Waals surface area contributed by atoms with Crippen molar-refractivity contribution in [2.24, 2.45) is 0 Å². The van der Waals surface area contributed by atoms with Crippen LogP contribution in [-0.4, -0.2) is 50.2 Å². The molecule has 1 aliphatic rings. The number of ether oxygens (including phenoxy) is 1. The number of rotatable bonds is 5. The van der Waals surface area contributed by atoms with E-state index >= 15 is 0 Å². The first-order valence-electron chi connectivity index (χ1n) is 5.23. The summed E-state index contributed by atoms with van der Waals surface area (Å²) in [7, 11) is 1.53. The van der Waals surface area contributed by atoms with Gasteiger partial charge in [0.2, 0.25) is 5.91 Å². The van der Waals surface area contributed by atoms with Crippen LogP contribution in [0.2, 0.25) is 0 Å². The molecule has 1 saturated heterocycles. The largest absolute Gasteiger partial charge is 0.375 e. The first-order chi connectivity index (χ1) is 6.72. The van der Waals surface area contributed by atoms with Crippen molar-refractivity contribution in [2.45, 2.75) is 25.8 Å². The Hall–Kier alpha value is -0.610. The molecule has 4 nitrogen and oxygen atoms in total. The second-order valence-corrected chi connectivity index (χ2v) is 3.91. The lowest BCUT2D eigenvalue weighted by Gasteiger charge is -2.20. The third-order valence-corrected chi connectivity index (χ3v) is 2.41. The third-order valence-electron chi connectivity index (χ3n) is 2.41. The highest BCUT2D eigenvalue weighted by Gasteiger charge is 2.15. The Kier molecular flexibility index (Phi) is 4.90. The number of nitrogens with one attached hydrogen (secondary N) is 1. The van der Waals surface area contributed by atoms with Crippen LogP contribution in [0.5, 0.6) is 0 Å². The molecule has 0 saturated carbocycles. The summed E-state index contributed by atoms with van der Waals surface area (Å²) in [6.07, 6.45) is 2.58. The van der Waals surface area contributed by atoms with E-state index in [-0.39, 0.29) is 18.6 Å². The van der Waals surface area contributed by atoms with Gasteiger partial charge in [-0.15, -0.1) is 0 Å². The van der Waals surface area contributed by atoms with Crippen LogP contribution in [0.3, 0.4) is 0 Å². The highest BCUT2D eigenvalue weighted by atomic mass is 16.5. The van der Waals surface area contributed by atoms with Crippen LogP contribution >= 0.6 is 0 Å². The maximum absolute atomic E-state index is 11.2. The minimum Gasteiger partial charge on any atom is -0.375 e. The lowest BCUT2D eigenvalue weighted by molar-refractivity contribution is -0.125. The van der Waals surface area contributed by atoms with E-state index in [4.69, 9.17) is 4.74 Å². The Bertz CT molecular complexity index is 179. The van der Waals surface area contributed by atoms with Crippen molar-refractivity contribution in [3.05, 3.63) is 0 Å². The lowest BCUT2D eigenvalue weighted by Crippen LogP contribution is -2.42. The van der Waals surface area contributed by atoms with Crippen LogP contribution in [0.1, 0.15) is 19.8 Å². The van der Waals surface area contributed by atoms with Crippen molar-refractivity contribution in [3.63, 3.8) is 0 Å². The SMILES string of the molecule is COCC(=O)NC(C)CN1CCCC1. The summed E-state index contributed by atoms with van der Waals surface area (Å²) < 4.78 is 4.75. The average molecular weight is 200 g/mol. The fraction of sp³-hybridized carbons (Fsp3) is 0.900. The molecule has 1 amide bonds. The molecular formula is C10H20N2O2. The monoisotopic (exact) mass is 200 g/mol. The van der Waals surface area contributed by atoms with E-state index in [0.29, 0.717) is 0 Å². The van der Waals surface area contributed by atoms with Gasteiger partial charge in [-0.05, 0) is 32.9 Å². The predicted molar refractivity (Wildman–Crippen MR) is 55.2 cm³/mol. The van der Waals surface area contributed by atoms with Gasteiger partial charge in [-0.1, -0.05) is 0 Å². The molecule has 0 aromatic carbocycles. The second kappa shape index (κ2) is 5.98. The van der Waals surface area contributed by atoms with Crippen LogP contribution < -0.4 is 5.32 Å². The van der Waals surface area contributed by atoms with Crippen LogP contribution in [0, 0.1) is 0 Å². The van der Waals surface area contributed by atoms with E-state index in [2.05, 4.69) is 10.2 Å². The van der Waals surface area contributed by atoms with E-state index in [9.17, 15) is 4.79 Å². The number of hydrogen-bond acceptors (Lipinski definition) is 3. The van der Waals surface area contributed by atoms with Gasteiger partial charge in [0.25, 0.3) is 0 Å². The quantitative estimate of drug-likeness (QED) is 0.691. The van der Waals surface area contributed by atoms with Crippen molar-refractivity contribution in [3.8, 4) is 0 Å². The van der Waals surface area contributed by atoms with Crippen LogP contribution in [-0.2, 0) is 9.53 Å². The normalized spacial score (nSPS) is 19.6. The summed E-state index contributed by atoms with van der Waals surface area (Å²) in [4.78, 5) is 13.6. The van der Waals surface area contributed by atoms with Gasteiger partial charge in [-0.25, -0.2) is 0 Å². The minimum atomic E-state index is -0.0285. The van der Waals surface area contributed by atoms with E-state index < -0.39 is 0 Å². The first kappa shape index (κ1) is 11.5. The summed E-state index contributed by atoms with van der Waals surface area (Å²) in [5.74, 6) is -0.0285. The molecule has 0 bridgehead atoms. The molecule has 1 fully saturated rings. The van der Waals surface area contributed by atoms with Crippen molar-refractivity contribution < 1.29 is 9.53 Å². The summed E-state index contributed by atoms with van der Waals surface area (Å²) in [6, 6.07) is 0.218. The number of methoxy groups -OCH3 is 1. The van der Waals surface area contributed by atoms with Gasteiger partial charge in [0.05, 0.1) is 0 Å². The first-order valence-corrected chi connectivity index (χ1v) is 5.23. The van der Waals surface area contributed by atoms with Gasteiger partial charge >= 0.3 is 0 Å². The van der Waals surface area contributed by atoms with Crippen LogP contribution in [0.4, 0.5) is 0 Å². The topological polar surface area (TPSA) is 41.6 Å². The lowest BCUT2D eigenvalue weighted by atomic mass is 10.3. The number of carbonyl (C=O) groups is 1. The molecule has 4 heteroatoms. The Labute approximate surface area is 85.6 Å². The van der Waals surface area contributed by atoms with Gasteiger partial charge < -0.3 is 15.0 Å². The molecule has 1 rings (SSSR count). The van der Waals surface area contributed by atoms with Crippen molar-refractivity contribution in [1.29, 1.82) is 0 Å². The minimum absolute atomic E-state index is 0.0285. The highest BCUT2D eigenvalue weighted by molar-refractivity contribution is 5.77. The molecule has 0 aromatic heterocycles. The molecule has 0 radical (unpaired) electrons. The molecule has 0 aromatic rings. The second-order valence-electron chi connectivity index (χ2n) is 3.91. The molecule has 1 aliphatic heterocycles. The zero-order valence-corrected chi connectivity index (χ0v) is 9.08. The molecule has 1 unspecified atom stereocenters. The number of carbonyl (C=O) groups excluding carboxylic acids is 1. The van der Waals surface area contributed by atoms with Gasteiger partial charge in [-0.2, -0.15) is 0 Å². The molecule has 82 valence electrons. The predicted octanol–water partition coefficient (Wildman–Crippen LogP) is 0.233. The number of likely N-dealkylation sites (tertiary alicyclic amines) is 1. The summed E-state index contributed by atoms with van der Waals surface area (Å²) >= 11 is 0. The van der Waals surface area contributed by atoms with E-state index in [1.807, 2.05) is 6.92 Å². The molecule has 0 spiro atoms. The van der Waals surface area contributed by atoms with Crippen molar-refractivity contribution >= 4 is 5.91 Å². The Morgan fingerprint density at radius 1 is 1.50 bits per heavy atom. The Morgan fingerprint density at radius 2 is 2.14 bits per heavy atom. The van der Waals surface area contributed by atoms with E-state index in [1.165, 1.54) is 33.0 Å². The van der Waals surface area contributed by atoms with E-state index in [1.54, 1.807) is 0 Å². The van der Waals surface area contributed by atoms with Crippen LogP contribution in [0.25, 0.3) is 0 Å². The van der Waals surface area contributed by atoms with Gasteiger partial charge in [0.15, 0.2) is 0 Å². The number of nitrogens with zero attached hydrogens (tertiary/aromatic N) is 1.